The number of nitrogens with zero attached hydrogens (tertiary/aromatic N) is 5. The van der Waals surface area contributed by atoms with Crippen molar-refractivity contribution in [1.29, 1.82) is 0 Å². The summed E-state index contributed by atoms with van der Waals surface area (Å²) in [5.74, 6) is 0.304. The van der Waals surface area contributed by atoms with Gasteiger partial charge >= 0.3 is 0 Å². The number of carbonyl (C=O) groups excluding carboxylic acids is 2. The van der Waals surface area contributed by atoms with E-state index in [1.54, 1.807) is 19.2 Å². The van der Waals surface area contributed by atoms with Crippen LogP contribution in [0.15, 0.2) is 85.2 Å². The van der Waals surface area contributed by atoms with Gasteiger partial charge in [-0.15, -0.1) is 0 Å². The first-order valence-electron chi connectivity index (χ1n) is 17.5. The van der Waals surface area contributed by atoms with Crippen LogP contribution in [0.1, 0.15) is 37.3 Å². The minimum absolute atomic E-state index is 0.0525. The van der Waals surface area contributed by atoms with E-state index < -0.39 is 5.41 Å². The molecule has 3 aromatic carbocycles. The van der Waals surface area contributed by atoms with E-state index in [2.05, 4.69) is 67.6 Å². The van der Waals surface area contributed by atoms with Crippen molar-refractivity contribution < 1.29 is 18.7 Å². The van der Waals surface area contributed by atoms with Gasteiger partial charge in [-0.05, 0) is 85.0 Å². The number of aryl methyl sites for hydroxylation is 1. The number of halogens is 1. The van der Waals surface area contributed by atoms with Gasteiger partial charge in [0.15, 0.2) is 5.82 Å². The third-order valence-electron chi connectivity index (χ3n) is 9.95. The van der Waals surface area contributed by atoms with E-state index in [1.807, 2.05) is 35.5 Å². The molecule has 2 N–H and O–H groups in total. The molecule has 11 heteroatoms. The highest BCUT2D eigenvalue weighted by Crippen LogP contribution is 2.34. The van der Waals surface area contributed by atoms with Gasteiger partial charge < -0.3 is 15.0 Å². The van der Waals surface area contributed by atoms with Crippen molar-refractivity contribution in [3.63, 3.8) is 0 Å². The monoisotopic (exact) mass is 687 g/mol. The summed E-state index contributed by atoms with van der Waals surface area (Å²) in [5.41, 5.74) is 6.57. The Bertz CT molecular complexity index is 2040. The maximum atomic E-state index is 13.8. The van der Waals surface area contributed by atoms with Crippen molar-refractivity contribution in [2.24, 2.45) is 5.41 Å². The molecule has 4 heterocycles. The molecule has 0 spiro atoms. The third-order valence-corrected chi connectivity index (χ3v) is 9.95. The quantitative estimate of drug-likeness (QED) is 0.166. The fourth-order valence-corrected chi connectivity index (χ4v) is 7.13. The van der Waals surface area contributed by atoms with Gasteiger partial charge in [0, 0.05) is 61.3 Å². The zero-order valence-electron chi connectivity index (χ0n) is 29.0. The summed E-state index contributed by atoms with van der Waals surface area (Å²) in [6.45, 7) is 4.85. The van der Waals surface area contributed by atoms with Crippen molar-refractivity contribution >= 4 is 34.0 Å². The van der Waals surface area contributed by atoms with Crippen LogP contribution >= 0.6 is 0 Å². The van der Waals surface area contributed by atoms with Crippen LogP contribution in [0, 0.1) is 11.2 Å². The second kappa shape index (κ2) is 14.9. The molecule has 2 aliphatic heterocycles. The highest BCUT2D eigenvalue weighted by molar-refractivity contribution is 6.00. The predicted molar refractivity (Wildman–Crippen MR) is 196 cm³/mol. The summed E-state index contributed by atoms with van der Waals surface area (Å²) in [6, 6.07) is 20.0. The Hall–Kier alpha value is -5.26. The second-order valence-corrected chi connectivity index (χ2v) is 13.5. The molecule has 7 rings (SSSR count). The van der Waals surface area contributed by atoms with Gasteiger partial charge in [-0.3, -0.25) is 19.6 Å². The van der Waals surface area contributed by atoms with E-state index in [9.17, 15) is 14.0 Å². The van der Waals surface area contributed by atoms with Gasteiger partial charge in [-0.2, -0.15) is 5.10 Å². The van der Waals surface area contributed by atoms with Crippen LogP contribution < -0.4 is 5.32 Å². The molecule has 0 saturated carbocycles. The fourth-order valence-electron chi connectivity index (χ4n) is 7.13. The molecular formula is C40H42FN7O3. The normalized spacial score (nSPS) is 17.9. The largest absolute Gasteiger partial charge is 0.384 e. The first-order valence-corrected chi connectivity index (χ1v) is 17.5. The lowest BCUT2D eigenvalue weighted by atomic mass is 9.87. The van der Waals surface area contributed by atoms with Gasteiger partial charge in [-0.25, -0.2) is 14.4 Å². The number of nitrogens with one attached hydrogen (secondary N) is 2. The molecule has 2 amide bonds. The van der Waals surface area contributed by atoms with Crippen LogP contribution in [0.5, 0.6) is 0 Å². The SMILES string of the molecule is CCCc1cnc(-c2ccc(C3=CCN(C(=O)CN4CCC(COC)(C(=O)Nc5ccc6[nH]nc(-c7ccc(F)cc7)c6c5)C4)CC3)cc2)nc1. The van der Waals surface area contributed by atoms with Gasteiger partial charge in [0.1, 0.15) is 5.82 Å². The molecule has 0 bridgehead atoms. The van der Waals surface area contributed by atoms with Crippen LogP contribution in [-0.4, -0.2) is 88.2 Å². The van der Waals surface area contributed by atoms with E-state index in [-0.39, 0.29) is 30.8 Å². The molecular weight excluding hydrogens is 645 g/mol. The van der Waals surface area contributed by atoms with Crippen molar-refractivity contribution in [3.8, 4) is 22.6 Å². The Balaban J connectivity index is 0.956. The molecule has 1 unspecified atom stereocenters. The molecule has 10 nitrogen and oxygen atoms in total. The van der Waals surface area contributed by atoms with Crippen molar-refractivity contribution in [2.45, 2.75) is 32.6 Å². The molecule has 5 aromatic rings. The highest BCUT2D eigenvalue weighted by Gasteiger charge is 2.45. The van der Waals surface area contributed by atoms with Crippen LogP contribution in [0.3, 0.4) is 0 Å². The number of hydrogen-bond acceptors (Lipinski definition) is 7. The summed E-state index contributed by atoms with van der Waals surface area (Å²) in [5, 5.41) is 11.3. The number of rotatable bonds is 11. The molecule has 2 aliphatic rings. The number of aromatic nitrogens is 4. The Kier molecular flexibility index (Phi) is 10.0. The van der Waals surface area contributed by atoms with Gasteiger partial charge in [0.25, 0.3) is 0 Å². The van der Waals surface area contributed by atoms with E-state index in [1.165, 1.54) is 17.7 Å². The van der Waals surface area contributed by atoms with E-state index in [0.717, 1.165) is 58.2 Å². The number of hydrogen-bond donors (Lipinski definition) is 2. The maximum absolute atomic E-state index is 13.8. The molecule has 1 saturated heterocycles. The zero-order chi connectivity index (χ0) is 35.4. The van der Waals surface area contributed by atoms with Crippen LogP contribution in [0.2, 0.25) is 0 Å². The molecule has 262 valence electrons. The first kappa shape index (κ1) is 34.2. The number of carbonyl (C=O) groups is 2. The average molecular weight is 688 g/mol. The summed E-state index contributed by atoms with van der Waals surface area (Å²) >= 11 is 0. The number of fused-ring (bicyclic) bond motifs is 1. The number of H-pyrrole nitrogens is 1. The highest BCUT2D eigenvalue weighted by atomic mass is 19.1. The van der Waals surface area contributed by atoms with Crippen molar-refractivity contribution in [3.05, 3.63) is 102 Å². The molecule has 0 radical (unpaired) electrons. The molecule has 0 aliphatic carbocycles. The molecule has 51 heavy (non-hydrogen) atoms. The Morgan fingerprint density at radius 2 is 1.73 bits per heavy atom. The van der Waals surface area contributed by atoms with Gasteiger partial charge in [-0.1, -0.05) is 43.7 Å². The van der Waals surface area contributed by atoms with E-state index in [0.29, 0.717) is 44.0 Å². The molecule has 2 aromatic heterocycles. The fraction of sp³-hybridized carbons (Fsp3) is 0.325. The Labute approximate surface area is 296 Å². The van der Waals surface area contributed by atoms with Gasteiger partial charge in [0.2, 0.25) is 11.8 Å². The zero-order valence-corrected chi connectivity index (χ0v) is 29.0. The minimum Gasteiger partial charge on any atom is -0.384 e. The topological polar surface area (TPSA) is 116 Å². The molecule has 1 fully saturated rings. The lowest BCUT2D eigenvalue weighted by molar-refractivity contribution is -0.133. The minimum atomic E-state index is -0.802. The van der Waals surface area contributed by atoms with Gasteiger partial charge in [0.05, 0.1) is 29.8 Å². The number of anilines is 1. The summed E-state index contributed by atoms with van der Waals surface area (Å²) < 4.78 is 19.1. The second-order valence-electron chi connectivity index (χ2n) is 13.5. The summed E-state index contributed by atoms with van der Waals surface area (Å²) in [4.78, 5) is 40.3. The van der Waals surface area contributed by atoms with Crippen molar-refractivity contribution in [2.75, 3.05) is 51.8 Å². The van der Waals surface area contributed by atoms with Crippen LogP contribution in [-0.2, 0) is 20.7 Å². The standard InChI is InChI=1S/C40H42FN7O3/c1-3-4-27-22-42-38(43-23-27)31-7-5-28(6-8-31)29-15-18-48(19-16-29)36(49)24-47-20-17-40(25-47,26-51-2)39(50)44-33-13-14-35-34(21-33)37(46-45-35)30-9-11-32(41)12-10-30/h5-15,21-23H,3-4,16-20,24-26H2,1-2H3,(H,44,50)(H,45,46). The Morgan fingerprint density at radius 3 is 2.43 bits per heavy atom. The lowest BCUT2D eigenvalue weighted by Crippen LogP contribution is -2.45. The average Bonchev–Trinajstić information content (AvgIpc) is 3.77. The maximum Gasteiger partial charge on any atom is 0.237 e. The smallest absolute Gasteiger partial charge is 0.237 e. The molecule has 1 atom stereocenters. The summed E-state index contributed by atoms with van der Waals surface area (Å²) in [7, 11) is 1.60. The van der Waals surface area contributed by atoms with Crippen LogP contribution in [0.4, 0.5) is 10.1 Å². The van der Waals surface area contributed by atoms with E-state index in [4.69, 9.17) is 4.74 Å². The Morgan fingerprint density at radius 1 is 0.980 bits per heavy atom. The third kappa shape index (κ3) is 7.45. The number of aromatic amines is 1. The number of methoxy groups -OCH3 is 1. The lowest BCUT2D eigenvalue weighted by Gasteiger charge is -2.30. The number of likely N-dealkylation sites (tertiary alicyclic amines) is 1. The number of benzene rings is 3. The predicted octanol–water partition coefficient (Wildman–Crippen LogP) is 6.37. The van der Waals surface area contributed by atoms with Crippen molar-refractivity contribution in [1.82, 2.24) is 30.0 Å². The van der Waals surface area contributed by atoms with Crippen LogP contribution in [0.25, 0.3) is 39.1 Å². The van der Waals surface area contributed by atoms with E-state index >= 15 is 0 Å². The first-order chi connectivity index (χ1) is 24.8. The number of ether oxygens (including phenoxy) is 1. The summed E-state index contributed by atoms with van der Waals surface area (Å²) in [6.07, 6.45) is 9.33. The number of amides is 2.